The first-order chi connectivity index (χ1) is 27.6. The Morgan fingerprint density at radius 1 is 0.860 bits per heavy atom. The van der Waals surface area contributed by atoms with Crippen LogP contribution in [-0.4, -0.2) is 69.8 Å². The lowest BCUT2D eigenvalue weighted by molar-refractivity contribution is -0.144. The first-order valence-electron chi connectivity index (χ1n) is 19.8. The quantitative estimate of drug-likeness (QED) is 0.145. The van der Waals surface area contributed by atoms with Crippen LogP contribution in [0.25, 0.3) is 0 Å². The number of hydrogen-bond acceptors (Lipinski definition) is 8. The summed E-state index contributed by atoms with van der Waals surface area (Å²) in [5, 5.41) is 12.0. The number of likely N-dealkylation sites (tertiary alicyclic amines) is 2. The topological polar surface area (TPSA) is 119 Å². The van der Waals surface area contributed by atoms with E-state index in [0.717, 1.165) is 35.8 Å². The number of anilines is 1. The van der Waals surface area contributed by atoms with Gasteiger partial charge in [-0.2, -0.15) is 5.01 Å². The molecular formula is C46H45ClN4O6. The SMILES string of the molecule is COc1cc([C@H]2C3=CC[C@@H]4C(=O)N(C5CCN(Cc6ccccc6)CC5)C(=O)[C@@H]4[C@@H]3C[C@H]3C(=O)N(Nc4ccc(C)cc4)C(=O)[C@@]23c2ccccc2)cc(Cl)c1O. The van der Waals surface area contributed by atoms with Crippen molar-refractivity contribution in [3.05, 3.63) is 136 Å². The Morgan fingerprint density at radius 2 is 1.54 bits per heavy atom. The minimum atomic E-state index is -1.46. The number of phenolic OH excluding ortho intramolecular Hbond substituents is 1. The summed E-state index contributed by atoms with van der Waals surface area (Å²) in [6.07, 6.45) is 3.94. The smallest absolute Gasteiger partial charge is 0.260 e. The summed E-state index contributed by atoms with van der Waals surface area (Å²) in [7, 11) is 1.43. The second kappa shape index (κ2) is 14.5. The van der Waals surface area contributed by atoms with E-state index >= 15 is 4.79 Å². The van der Waals surface area contributed by atoms with E-state index < -0.39 is 46.8 Å². The van der Waals surface area contributed by atoms with Crippen molar-refractivity contribution in [1.82, 2.24) is 14.8 Å². The number of piperidine rings is 1. The van der Waals surface area contributed by atoms with Gasteiger partial charge in [0.15, 0.2) is 11.5 Å². The van der Waals surface area contributed by atoms with Crippen molar-refractivity contribution in [3.63, 3.8) is 0 Å². The molecule has 4 aromatic rings. The number of amides is 4. The number of hydrazine groups is 1. The van der Waals surface area contributed by atoms with Gasteiger partial charge < -0.3 is 9.84 Å². The third-order valence-electron chi connectivity index (χ3n) is 13.2. The van der Waals surface area contributed by atoms with Crippen LogP contribution in [0.2, 0.25) is 5.02 Å². The van der Waals surface area contributed by atoms with E-state index in [1.807, 2.05) is 85.8 Å². The number of aryl methyl sites for hydroxylation is 1. The van der Waals surface area contributed by atoms with Gasteiger partial charge in [-0.05, 0) is 79.5 Å². The van der Waals surface area contributed by atoms with Crippen LogP contribution in [0.5, 0.6) is 11.5 Å². The van der Waals surface area contributed by atoms with Gasteiger partial charge in [0, 0.05) is 31.6 Å². The molecule has 3 saturated heterocycles. The Balaban J connectivity index is 1.12. The van der Waals surface area contributed by atoms with Crippen molar-refractivity contribution in [2.45, 2.75) is 56.5 Å². The van der Waals surface area contributed by atoms with Crippen molar-refractivity contribution in [1.29, 1.82) is 0 Å². The summed E-state index contributed by atoms with van der Waals surface area (Å²) < 4.78 is 5.59. The van der Waals surface area contributed by atoms with Crippen molar-refractivity contribution < 1.29 is 29.0 Å². The molecule has 10 nitrogen and oxygen atoms in total. The molecule has 0 aromatic heterocycles. The molecule has 9 rings (SSSR count). The second-order valence-corrected chi connectivity index (χ2v) is 16.6. The highest BCUT2D eigenvalue weighted by Crippen LogP contribution is 2.64. The fourth-order valence-corrected chi connectivity index (χ4v) is 10.8. The molecule has 4 amide bonds. The number of phenols is 1. The number of methoxy groups -OCH3 is 1. The summed E-state index contributed by atoms with van der Waals surface area (Å²) in [4.78, 5) is 63.6. The van der Waals surface area contributed by atoms with Crippen LogP contribution in [0.4, 0.5) is 5.69 Å². The van der Waals surface area contributed by atoms with E-state index in [4.69, 9.17) is 16.3 Å². The highest BCUT2D eigenvalue weighted by Gasteiger charge is 2.70. The zero-order valence-corrected chi connectivity index (χ0v) is 32.7. The third-order valence-corrected chi connectivity index (χ3v) is 13.5. The van der Waals surface area contributed by atoms with Gasteiger partial charge in [-0.3, -0.25) is 34.4 Å². The minimum absolute atomic E-state index is 0.0313. The number of allylic oxidation sites excluding steroid dienone is 2. The van der Waals surface area contributed by atoms with Crippen LogP contribution in [0.1, 0.15) is 53.9 Å². The summed E-state index contributed by atoms with van der Waals surface area (Å²) in [5.74, 6) is -4.77. The number of ether oxygens (including phenoxy) is 1. The molecule has 0 radical (unpaired) electrons. The summed E-state index contributed by atoms with van der Waals surface area (Å²) >= 11 is 6.70. The van der Waals surface area contributed by atoms with E-state index in [1.54, 1.807) is 17.0 Å². The van der Waals surface area contributed by atoms with Gasteiger partial charge in [-0.15, -0.1) is 0 Å². The Labute approximate surface area is 337 Å². The first-order valence-corrected chi connectivity index (χ1v) is 20.2. The van der Waals surface area contributed by atoms with Crippen molar-refractivity contribution in [2.24, 2.45) is 23.7 Å². The average molecular weight is 785 g/mol. The second-order valence-electron chi connectivity index (χ2n) is 16.2. The van der Waals surface area contributed by atoms with Crippen LogP contribution in [0.15, 0.2) is 109 Å². The van der Waals surface area contributed by atoms with Gasteiger partial charge in [0.05, 0.1) is 41.0 Å². The number of imide groups is 2. The number of nitrogens with one attached hydrogen (secondary N) is 1. The molecule has 0 spiro atoms. The minimum Gasteiger partial charge on any atom is -0.503 e. The number of fused-ring (bicyclic) bond motifs is 4. The number of hydrogen-bond donors (Lipinski definition) is 2. The van der Waals surface area contributed by atoms with Gasteiger partial charge >= 0.3 is 0 Å². The van der Waals surface area contributed by atoms with Gasteiger partial charge in [-0.25, -0.2) is 0 Å². The molecule has 57 heavy (non-hydrogen) atoms. The zero-order chi connectivity index (χ0) is 39.6. The Kier molecular flexibility index (Phi) is 9.44. The van der Waals surface area contributed by atoms with Crippen molar-refractivity contribution in [2.75, 3.05) is 25.6 Å². The molecule has 3 aliphatic heterocycles. The number of halogens is 1. The van der Waals surface area contributed by atoms with Crippen LogP contribution < -0.4 is 10.2 Å². The molecule has 1 saturated carbocycles. The molecule has 4 fully saturated rings. The maximum absolute atomic E-state index is 15.4. The molecule has 6 atom stereocenters. The molecule has 4 aromatic carbocycles. The number of carbonyl (C=O) groups is 4. The predicted molar refractivity (Wildman–Crippen MR) is 215 cm³/mol. The molecule has 3 heterocycles. The monoisotopic (exact) mass is 784 g/mol. The highest BCUT2D eigenvalue weighted by atomic mass is 35.5. The van der Waals surface area contributed by atoms with E-state index in [9.17, 15) is 19.5 Å². The molecule has 2 aliphatic carbocycles. The fraction of sp³-hybridized carbons (Fsp3) is 0.348. The summed E-state index contributed by atoms with van der Waals surface area (Å²) in [5.41, 5.74) is 6.54. The normalized spacial score (nSPS) is 27.6. The molecule has 292 valence electrons. The van der Waals surface area contributed by atoms with Crippen molar-refractivity contribution in [3.8, 4) is 11.5 Å². The zero-order valence-electron chi connectivity index (χ0n) is 31.9. The van der Waals surface area contributed by atoms with Crippen molar-refractivity contribution >= 4 is 40.9 Å². The first kappa shape index (κ1) is 37.1. The lowest BCUT2D eigenvalue weighted by atomic mass is 9.49. The van der Waals surface area contributed by atoms with E-state index in [-0.39, 0.29) is 40.8 Å². The predicted octanol–water partition coefficient (Wildman–Crippen LogP) is 7.01. The third kappa shape index (κ3) is 5.95. The molecule has 5 aliphatic rings. The van der Waals surface area contributed by atoms with E-state index in [1.165, 1.54) is 12.7 Å². The Morgan fingerprint density at radius 3 is 2.23 bits per heavy atom. The number of carbonyl (C=O) groups excluding carboxylic acids is 4. The fourth-order valence-electron chi connectivity index (χ4n) is 10.6. The average Bonchev–Trinajstić information content (AvgIpc) is 3.61. The molecule has 2 N–H and O–H groups in total. The van der Waals surface area contributed by atoms with Gasteiger partial charge in [0.1, 0.15) is 0 Å². The Hall–Kier alpha value is -5.45. The molecular weight excluding hydrogens is 740 g/mol. The van der Waals surface area contributed by atoms with Crippen LogP contribution >= 0.6 is 11.6 Å². The van der Waals surface area contributed by atoms with E-state index in [2.05, 4.69) is 22.5 Å². The standard InChI is InChI=1S/C46H45ClN4O6/c1-27-13-15-31(16-14-27)48-51-43(54)36-25-35-33(40(29-23-37(47)41(52)38(24-29)57-2)46(36,45(51)56)30-11-7-4-8-12-30)17-18-34-39(35)44(55)50(42(34)53)32-19-21-49(22-20-32)26-28-9-5-3-6-10-28/h3-17,23-24,32,34-36,39-40,48,52H,18-22,25-26H2,1-2H3/t34-,35+,36-,39-,40-,46+/m0/s1. The maximum atomic E-state index is 15.4. The lowest BCUT2D eigenvalue weighted by Gasteiger charge is -2.50. The van der Waals surface area contributed by atoms with Crippen LogP contribution in [-0.2, 0) is 31.1 Å². The van der Waals surface area contributed by atoms with Gasteiger partial charge in [-0.1, -0.05) is 102 Å². The largest absolute Gasteiger partial charge is 0.503 e. The van der Waals surface area contributed by atoms with Gasteiger partial charge in [0.25, 0.3) is 11.8 Å². The maximum Gasteiger partial charge on any atom is 0.260 e. The molecule has 0 bridgehead atoms. The lowest BCUT2D eigenvalue weighted by Crippen LogP contribution is -2.53. The number of rotatable bonds is 8. The van der Waals surface area contributed by atoms with E-state index in [0.29, 0.717) is 36.1 Å². The summed E-state index contributed by atoms with van der Waals surface area (Å²) in [6.45, 7) is 4.32. The number of aromatic hydroxyl groups is 1. The summed E-state index contributed by atoms with van der Waals surface area (Å²) in [6, 6.07) is 30.2. The van der Waals surface area contributed by atoms with Crippen LogP contribution in [0, 0.1) is 30.6 Å². The Bertz CT molecular complexity index is 2280. The van der Waals surface area contributed by atoms with Gasteiger partial charge in [0.2, 0.25) is 11.8 Å². The molecule has 0 unspecified atom stereocenters. The number of nitrogens with zero attached hydrogens (tertiary/aromatic N) is 3. The molecule has 11 heteroatoms. The van der Waals surface area contributed by atoms with Crippen LogP contribution in [0.3, 0.4) is 0 Å². The highest BCUT2D eigenvalue weighted by molar-refractivity contribution is 6.32. The number of benzene rings is 4.